The molecule has 1 fully saturated rings. The lowest BCUT2D eigenvalue weighted by atomic mass is 10.1. The van der Waals surface area contributed by atoms with E-state index in [1.54, 1.807) is 0 Å². The van der Waals surface area contributed by atoms with Crippen molar-refractivity contribution in [1.29, 1.82) is 0 Å². The lowest BCUT2D eigenvalue weighted by Gasteiger charge is -2.22. The molecule has 2 rings (SSSR count). The van der Waals surface area contributed by atoms with Gasteiger partial charge in [-0.25, -0.2) is 0 Å². The van der Waals surface area contributed by atoms with E-state index < -0.39 is 0 Å². The molecule has 104 valence electrons. The SMILES string of the molecule is CN1CCN(Cc2cccc(Br)c2)CC(C(N)=O)C1. The van der Waals surface area contributed by atoms with Crippen LogP contribution in [0.4, 0.5) is 0 Å². The van der Waals surface area contributed by atoms with Gasteiger partial charge in [-0.05, 0) is 24.7 Å². The molecular weight excluding hydrogens is 306 g/mol. The highest BCUT2D eigenvalue weighted by atomic mass is 79.9. The fraction of sp³-hybridized carbons (Fsp3) is 0.500. The topological polar surface area (TPSA) is 49.6 Å². The highest BCUT2D eigenvalue weighted by molar-refractivity contribution is 9.10. The maximum atomic E-state index is 11.5. The second kappa shape index (κ2) is 6.50. The van der Waals surface area contributed by atoms with Crippen LogP contribution in [0.5, 0.6) is 0 Å². The zero-order valence-corrected chi connectivity index (χ0v) is 12.8. The van der Waals surface area contributed by atoms with Gasteiger partial charge in [0.05, 0.1) is 5.92 Å². The predicted octanol–water partition coefficient (Wildman–Crippen LogP) is 1.30. The van der Waals surface area contributed by atoms with E-state index in [2.05, 4.69) is 37.9 Å². The van der Waals surface area contributed by atoms with E-state index in [1.807, 2.05) is 19.2 Å². The third kappa shape index (κ3) is 4.30. The van der Waals surface area contributed by atoms with Crippen LogP contribution in [0.1, 0.15) is 5.56 Å². The van der Waals surface area contributed by atoms with E-state index in [0.29, 0.717) is 0 Å². The summed E-state index contributed by atoms with van der Waals surface area (Å²) >= 11 is 3.49. The molecular formula is C14H20BrN3O. The standard InChI is InChI=1S/C14H20BrN3O/c1-17-5-6-18(10-12(9-17)14(16)19)8-11-3-2-4-13(15)7-11/h2-4,7,12H,5-6,8-10H2,1H3,(H2,16,19). The van der Waals surface area contributed by atoms with Gasteiger partial charge in [0.1, 0.15) is 0 Å². The van der Waals surface area contributed by atoms with Crippen LogP contribution in [0, 0.1) is 5.92 Å². The molecule has 1 amide bonds. The van der Waals surface area contributed by atoms with Gasteiger partial charge in [-0.3, -0.25) is 9.69 Å². The summed E-state index contributed by atoms with van der Waals surface area (Å²) in [6, 6.07) is 8.29. The Morgan fingerprint density at radius 3 is 2.89 bits per heavy atom. The van der Waals surface area contributed by atoms with Crippen molar-refractivity contribution in [2.24, 2.45) is 11.7 Å². The van der Waals surface area contributed by atoms with Gasteiger partial charge in [0.15, 0.2) is 0 Å². The molecule has 0 aliphatic carbocycles. The first kappa shape index (κ1) is 14.5. The smallest absolute Gasteiger partial charge is 0.223 e. The van der Waals surface area contributed by atoms with E-state index in [0.717, 1.165) is 37.2 Å². The summed E-state index contributed by atoms with van der Waals surface area (Å²) in [5.74, 6) is -0.285. The van der Waals surface area contributed by atoms with E-state index >= 15 is 0 Å². The summed E-state index contributed by atoms with van der Waals surface area (Å²) in [5, 5.41) is 0. The monoisotopic (exact) mass is 325 g/mol. The first-order valence-electron chi connectivity index (χ1n) is 6.49. The summed E-state index contributed by atoms with van der Waals surface area (Å²) < 4.78 is 1.09. The number of hydrogen-bond acceptors (Lipinski definition) is 3. The minimum Gasteiger partial charge on any atom is -0.369 e. The molecule has 1 atom stereocenters. The molecule has 4 nitrogen and oxygen atoms in total. The van der Waals surface area contributed by atoms with Crippen LogP contribution in [0.25, 0.3) is 0 Å². The quantitative estimate of drug-likeness (QED) is 0.911. The molecule has 0 radical (unpaired) electrons. The summed E-state index contributed by atoms with van der Waals surface area (Å²) in [7, 11) is 2.04. The average molecular weight is 326 g/mol. The van der Waals surface area contributed by atoms with Gasteiger partial charge in [0.25, 0.3) is 0 Å². The number of nitrogens with two attached hydrogens (primary N) is 1. The second-order valence-corrected chi connectivity index (χ2v) is 6.14. The minimum atomic E-state index is -0.201. The molecule has 0 aromatic heterocycles. The van der Waals surface area contributed by atoms with Crippen LogP contribution in [-0.2, 0) is 11.3 Å². The lowest BCUT2D eigenvalue weighted by Crippen LogP contribution is -2.37. The minimum absolute atomic E-state index is 0.0837. The Hall–Kier alpha value is -0.910. The van der Waals surface area contributed by atoms with Crippen molar-refractivity contribution < 1.29 is 4.79 Å². The Bertz CT molecular complexity index is 452. The fourth-order valence-electron chi connectivity index (χ4n) is 2.46. The Balaban J connectivity index is 2.04. The number of halogens is 1. The van der Waals surface area contributed by atoms with Crippen LogP contribution in [0.15, 0.2) is 28.7 Å². The van der Waals surface area contributed by atoms with Crippen LogP contribution in [-0.4, -0.2) is 48.9 Å². The van der Waals surface area contributed by atoms with E-state index in [4.69, 9.17) is 5.73 Å². The maximum absolute atomic E-state index is 11.5. The van der Waals surface area contributed by atoms with Gasteiger partial charge >= 0.3 is 0 Å². The molecule has 1 aliphatic rings. The highest BCUT2D eigenvalue weighted by Gasteiger charge is 2.24. The van der Waals surface area contributed by atoms with Crippen molar-refractivity contribution in [2.75, 3.05) is 33.2 Å². The average Bonchev–Trinajstić information content (AvgIpc) is 2.52. The largest absolute Gasteiger partial charge is 0.369 e. The second-order valence-electron chi connectivity index (χ2n) is 5.23. The van der Waals surface area contributed by atoms with Gasteiger partial charge in [-0.1, -0.05) is 28.1 Å². The van der Waals surface area contributed by atoms with Gasteiger partial charge < -0.3 is 10.6 Å². The lowest BCUT2D eigenvalue weighted by molar-refractivity contribution is -0.122. The van der Waals surface area contributed by atoms with E-state index in [-0.39, 0.29) is 11.8 Å². The van der Waals surface area contributed by atoms with Gasteiger partial charge in [-0.15, -0.1) is 0 Å². The molecule has 1 aliphatic heterocycles. The van der Waals surface area contributed by atoms with Gasteiger partial charge in [0, 0.05) is 37.2 Å². The highest BCUT2D eigenvalue weighted by Crippen LogP contribution is 2.16. The number of hydrogen-bond donors (Lipinski definition) is 1. The molecule has 2 N–H and O–H groups in total. The molecule has 1 unspecified atom stereocenters. The number of carbonyl (C=O) groups is 1. The summed E-state index contributed by atoms with van der Waals surface area (Å²) in [6.07, 6.45) is 0. The van der Waals surface area contributed by atoms with Crippen molar-refractivity contribution in [3.63, 3.8) is 0 Å². The van der Waals surface area contributed by atoms with Crippen molar-refractivity contribution in [3.05, 3.63) is 34.3 Å². The molecule has 19 heavy (non-hydrogen) atoms. The van der Waals surface area contributed by atoms with Crippen molar-refractivity contribution in [3.8, 4) is 0 Å². The third-order valence-corrected chi connectivity index (χ3v) is 4.00. The Morgan fingerprint density at radius 2 is 2.21 bits per heavy atom. The molecule has 0 saturated carbocycles. The molecule has 1 aromatic rings. The zero-order chi connectivity index (χ0) is 13.8. The van der Waals surface area contributed by atoms with E-state index in [1.165, 1.54) is 5.56 Å². The molecule has 0 spiro atoms. The Kier molecular flexibility index (Phi) is 4.96. The molecule has 0 bridgehead atoms. The Labute approximate surface area is 122 Å². The third-order valence-electron chi connectivity index (χ3n) is 3.51. The summed E-state index contributed by atoms with van der Waals surface area (Å²) in [5.41, 5.74) is 6.73. The number of primary amides is 1. The van der Waals surface area contributed by atoms with E-state index in [9.17, 15) is 4.79 Å². The molecule has 1 aromatic carbocycles. The van der Waals surface area contributed by atoms with Crippen molar-refractivity contribution in [2.45, 2.75) is 6.54 Å². The Morgan fingerprint density at radius 1 is 1.42 bits per heavy atom. The number of rotatable bonds is 3. The number of benzene rings is 1. The molecule has 1 saturated heterocycles. The van der Waals surface area contributed by atoms with Crippen molar-refractivity contribution in [1.82, 2.24) is 9.80 Å². The van der Waals surface area contributed by atoms with Crippen molar-refractivity contribution >= 4 is 21.8 Å². The fourth-order valence-corrected chi connectivity index (χ4v) is 2.90. The normalized spacial score (nSPS) is 22.1. The molecule has 5 heteroatoms. The predicted molar refractivity (Wildman–Crippen MR) is 79.6 cm³/mol. The van der Waals surface area contributed by atoms with Crippen LogP contribution in [0.2, 0.25) is 0 Å². The first-order chi connectivity index (χ1) is 9.04. The maximum Gasteiger partial charge on any atom is 0.223 e. The number of amides is 1. The van der Waals surface area contributed by atoms with Gasteiger partial charge in [0.2, 0.25) is 5.91 Å². The molecule has 1 heterocycles. The van der Waals surface area contributed by atoms with Crippen LogP contribution in [0.3, 0.4) is 0 Å². The van der Waals surface area contributed by atoms with Gasteiger partial charge in [-0.2, -0.15) is 0 Å². The van der Waals surface area contributed by atoms with Crippen LogP contribution < -0.4 is 5.73 Å². The van der Waals surface area contributed by atoms with Crippen LogP contribution >= 0.6 is 15.9 Å². The number of carbonyl (C=O) groups excluding carboxylic acids is 1. The number of nitrogens with zero attached hydrogens (tertiary/aromatic N) is 2. The first-order valence-corrected chi connectivity index (χ1v) is 7.28. The summed E-state index contributed by atoms with van der Waals surface area (Å²) in [6.45, 7) is 4.29. The summed E-state index contributed by atoms with van der Waals surface area (Å²) in [4.78, 5) is 15.9. The number of likely N-dealkylation sites (N-methyl/N-ethyl adjacent to an activating group) is 1. The zero-order valence-electron chi connectivity index (χ0n) is 11.2.